The lowest BCUT2D eigenvalue weighted by molar-refractivity contribution is -0.153. The Labute approximate surface area is 166 Å². The van der Waals surface area contributed by atoms with Gasteiger partial charge < -0.3 is 15.0 Å². The third kappa shape index (κ3) is 4.07. The SMILES string of the molecule is COCCC(=O)NC[C@H]1[C@H]2C[C@H](CN(Cc3ccn[nH]3)C2)[C@@H]2CCCC(=O)N21. The molecule has 8 nitrogen and oxygen atoms in total. The van der Waals surface area contributed by atoms with E-state index in [1.807, 2.05) is 6.07 Å². The van der Waals surface area contributed by atoms with Crippen LogP contribution in [0.3, 0.4) is 0 Å². The number of piperidine rings is 3. The van der Waals surface area contributed by atoms with E-state index < -0.39 is 0 Å². The van der Waals surface area contributed by atoms with Crippen LogP contribution in [-0.4, -0.2) is 77.2 Å². The fraction of sp³-hybridized carbons (Fsp3) is 0.750. The summed E-state index contributed by atoms with van der Waals surface area (Å²) in [5.74, 6) is 1.17. The van der Waals surface area contributed by atoms with E-state index in [4.69, 9.17) is 4.74 Å². The maximum absolute atomic E-state index is 12.8. The average Bonchev–Trinajstić information content (AvgIpc) is 3.19. The number of hydrogen-bond donors (Lipinski definition) is 2. The number of fused-ring (bicyclic) bond motifs is 4. The highest BCUT2D eigenvalue weighted by Crippen LogP contribution is 2.41. The number of ether oxygens (including phenoxy) is 1. The molecule has 0 unspecified atom stereocenters. The zero-order valence-electron chi connectivity index (χ0n) is 16.6. The molecular weight excluding hydrogens is 358 g/mol. The lowest BCUT2D eigenvalue weighted by Gasteiger charge is -2.56. The second-order valence-electron chi connectivity index (χ2n) is 8.41. The van der Waals surface area contributed by atoms with Crippen molar-refractivity contribution < 1.29 is 14.3 Å². The number of nitrogens with zero attached hydrogens (tertiary/aromatic N) is 3. The van der Waals surface area contributed by atoms with Gasteiger partial charge in [-0.2, -0.15) is 5.10 Å². The van der Waals surface area contributed by atoms with Gasteiger partial charge in [-0.15, -0.1) is 0 Å². The smallest absolute Gasteiger partial charge is 0.223 e. The summed E-state index contributed by atoms with van der Waals surface area (Å²) in [7, 11) is 1.60. The molecule has 4 heterocycles. The predicted octanol–water partition coefficient (Wildman–Crippen LogP) is 0.764. The molecule has 4 rings (SSSR count). The van der Waals surface area contributed by atoms with Crippen LogP contribution in [0, 0.1) is 11.8 Å². The van der Waals surface area contributed by atoms with Crippen molar-refractivity contribution in [1.82, 2.24) is 25.3 Å². The first kappa shape index (κ1) is 19.4. The zero-order valence-corrected chi connectivity index (χ0v) is 16.6. The summed E-state index contributed by atoms with van der Waals surface area (Å²) < 4.78 is 5.00. The standard InChI is InChI=1S/C20H31N5O3/c1-28-8-6-19(26)21-10-18-15-9-14(17-3-2-4-20(27)25(17)18)11-24(12-15)13-16-5-7-22-23-16/h5,7,14-15,17-18H,2-4,6,8-13H2,1H3,(H,21,26)(H,22,23)/t14-,15+,17+,18+/m1/s1. The molecule has 0 aliphatic carbocycles. The van der Waals surface area contributed by atoms with Gasteiger partial charge in [-0.25, -0.2) is 0 Å². The molecule has 28 heavy (non-hydrogen) atoms. The molecule has 154 valence electrons. The Hall–Kier alpha value is -1.93. The summed E-state index contributed by atoms with van der Waals surface area (Å²) in [6.07, 6.45) is 6.00. The molecule has 0 saturated carbocycles. The van der Waals surface area contributed by atoms with Gasteiger partial charge in [-0.3, -0.25) is 19.6 Å². The number of amides is 2. The van der Waals surface area contributed by atoms with Gasteiger partial charge in [-0.1, -0.05) is 0 Å². The number of hydrogen-bond acceptors (Lipinski definition) is 5. The van der Waals surface area contributed by atoms with Gasteiger partial charge in [0.15, 0.2) is 0 Å². The Morgan fingerprint density at radius 1 is 1.39 bits per heavy atom. The van der Waals surface area contributed by atoms with Crippen molar-refractivity contribution >= 4 is 11.8 Å². The third-order valence-corrected chi connectivity index (χ3v) is 6.57. The summed E-state index contributed by atoms with van der Waals surface area (Å²) in [4.78, 5) is 29.5. The van der Waals surface area contributed by atoms with Crippen LogP contribution in [0.4, 0.5) is 0 Å². The zero-order chi connectivity index (χ0) is 19.5. The van der Waals surface area contributed by atoms with E-state index >= 15 is 0 Å². The quantitative estimate of drug-likeness (QED) is 0.719. The van der Waals surface area contributed by atoms with Crippen LogP contribution < -0.4 is 5.32 Å². The highest BCUT2D eigenvalue weighted by Gasteiger charge is 2.49. The van der Waals surface area contributed by atoms with Crippen molar-refractivity contribution in [2.24, 2.45) is 11.8 Å². The van der Waals surface area contributed by atoms with Crippen molar-refractivity contribution in [1.29, 1.82) is 0 Å². The van der Waals surface area contributed by atoms with Crippen molar-refractivity contribution in [3.63, 3.8) is 0 Å². The minimum absolute atomic E-state index is 0.00453. The van der Waals surface area contributed by atoms with Gasteiger partial charge in [-0.05, 0) is 37.2 Å². The lowest BCUT2D eigenvalue weighted by Crippen LogP contribution is -2.67. The first-order valence-electron chi connectivity index (χ1n) is 10.4. The van der Waals surface area contributed by atoms with Crippen LogP contribution in [0.1, 0.15) is 37.8 Å². The summed E-state index contributed by atoms with van der Waals surface area (Å²) >= 11 is 0. The maximum atomic E-state index is 12.8. The van der Waals surface area contributed by atoms with Crippen LogP contribution >= 0.6 is 0 Å². The fourth-order valence-corrected chi connectivity index (χ4v) is 5.38. The van der Waals surface area contributed by atoms with Crippen LogP contribution in [-0.2, 0) is 20.9 Å². The van der Waals surface area contributed by atoms with Gasteiger partial charge in [0.1, 0.15) is 0 Å². The average molecular weight is 390 g/mol. The molecule has 2 N–H and O–H groups in total. The minimum Gasteiger partial charge on any atom is -0.384 e. The molecule has 0 aromatic carbocycles. The molecule has 3 saturated heterocycles. The highest BCUT2D eigenvalue weighted by atomic mass is 16.5. The third-order valence-electron chi connectivity index (χ3n) is 6.57. The fourth-order valence-electron chi connectivity index (χ4n) is 5.38. The molecule has 1 aromatic heterocycles. The normalized spacial score (nSPS) is 30.2. The van der Waals surface area contributed by atoms with Crippen LogP contribution in [0.5, 0.6) is 0 Å². The Morgan fingerprint density at radius 2 is 2.25 bits per heavy atom. The van der Waals surface area contributed by atoms with E-state index in [9.17, 15) is 9.59 Å². The van der Waals surface area contributed by atoms with Gasteiger partial charge >= 0.3 is 0 Å². The molecule has 3 fully saturated rings. The number of likely N-dealkylation sites (tertiary alicyclic amines) is 1. The van der Waals surface area contributed by atoms with Crippen LogP contribution in [0.15, 0.2) is 12.3 Å². The lowest BCUT2D eigenvalue weighted by atomic mass is 9.72. The van der Waals surface area contributed by atoms with E-state index in [-0.39, 0.29) is 17.9 Å². The first-order valence-corrected chi connectivity index (χ1v) is 10.4. The van der Waals surface area contributed by atoms with E-state index in [2.05, 4.69) is 25.3 Å². The van der Waals surface area contributed by atoms with Crippen molar-refractivity contribution in [2.45, 2.75) is 50.7 Å². The molecule has 1 aromatic rings. The van der Waals surface area contributed by atoms with Crippen molar-refractivity contribution in [3.05, 3.63) is 18.0 Å². The molecule has 0 spiro atoms. The number of rotatable bonds is 7. The Kier molecular flexibility index (Phi) is 5.96. The van der Waals surface area contributed by atoms with Crippen molar-refractivity contribution in [3.8, 4) is 0 Å². The Balaban J connectivity index is 1.47. The summed E-state index contributed by atoms with van der Waals surface area (Å²) in [6.45, 7) is 3.80. The summed E-state index contributed by atoms with van der Waals surface area (Å²) in [5, 5.41) is 10.2. The number of carbonyl (C=O) groups is 2. The second-order valence-corrected chi connectivity index (χ2v) is 8.41. The Morgan fingerprint density at radius 3 is 3.04 bits per heavy atom. The number of aromatic amines is 1. The molecule has 3 aliphatic heterocycles. The molecule has 0 radical (unpaired) electrons. The molecule has 3 aliphatic rings. The number of methoxy groups -OCH3 is 1. The minimum atomic E-state index is -0.00453. The molecule has 2 amide bonds. The maximum Gasteiger partial charge on any atom is 0.223 e. The van der Waals surface area contributed by atoms with E-state index in [1.54, 1.807) is 13.3 Å². The van der Waals surface area contributed by atoms with Gasteiger partial charge in [0, 0.05) is 64.1 Å². The Bertz CT molecular complexity index is 679. The predicted molar refractivity (Wildman–Crippen MR) is 103 cm³/mol. The summed E-state index contributed by atoms with van der Waals surface area (Å²) in [5.41, 5.74) is 1.13. The number of aromatic nitrogens is 2. The molecule has 2 bridgehead atoms. The molecular formula is C20H31N5O3. The van der Waals surface area contributed by atoms with Gasteiger partial charge in [0.25, 0.3) is 0 Å². The largest absolute Gasteiger partial charge is 0.384 e. The van der Waals surface area contributed by atoms with Gasteiger partial charge in [0.2, 0.25) is 11.8 Å². The monoisotopic (exact) mass is 389 g/mol. The summed E-state index contributed by atoms with van der Waals surface area (Å²) in [6, 6.07) is 2.42. The van der Waals surface area contributed by atoms with E-state index in [0.717, 1.165) is 44.6 Å². The van der Waals surface area contributed by atoms with Crippen LogP contribution in [0.2, 0.25) is 0 Å². The van der Waals surface area contributed by atoms with Gasteiger partial charge in [0.05, 0.1) is 12.6 Å². The number of nitrogens with one attached hydrogen (secondary N) is 2. The van der Waals surface area contributed by atoms with E-state index in [1.165, 1.54) is 0 Å². The first-order chi connectivity index (χ1) is 13.7. The van der Waals surface area contributed by atoms with Crippen molar-refractivity contribution in [2.75, 3.05) is 33.4 Å². The highest BCUT2D eigenvalue weighted by molar-refractivity contribution is 5.78. The van der Waals surface area contributed by atoms with Crippen LogP contribution in [0.25, 0.3) is 0 Å². The second kappa shape index (κ2) is 8.61. The number of carbonyl (C=O) groups excluding carboxylic acids is 2. The van der Waals surface area contributed by atoms with E-state index in [0.29, 0.717) is 43.9 Å². The number of H-pyrrole nitrogens is 1. The molecule has 4 atom stereocenters. The molecule has 8 heteroatoms. The topological polar surface area (TPSA) is 90.6 Å².